The highest BCUT2D eigenvalue weighted by Gasteiger charge is 2.00. The quantitative estimate of drug-likeness (QED) is 0.496. The van der Waals surface area contributed by atoms with Crippen LogP contribution in [0.3, 0.4) is 0 Å². The number of hydrogen-bond donors (Lipinski definition) is 0. The van der Waals surface area contributed by atoms with Crippen LogP contribution in [-0.2, 0) is 13.0 Å². The normalized spacial score (nSPS) is 10.7. The summed E-state index contributed by atoms with van der Waals surface area (Å²) in [6.07, 6.45) is 7.32. The topological polar surface area (TPSA) is 37.9 Å². The Balaban J connectivity index is 1.31. The van der Waals surface area contributed by atoms with Crippen LogP contribution in [0.5, 0.6) is 5.75 Å². The molecule has 1 aromatic heterocycles. The van der Waals surface area contributed by atoms with Gasteiger partial charge in [0, 0.05) is 18.3 Å². The summed E-state index contributed by atoms with van der Waals surface area (Å²) in [4.78, 5) is 0. The fraction of sp³-hybridized carbons (Fsp3) is 0.318. The Kier molecular flexibility index (Phi) is 6.11. The van der Waals surface area contributed by atoms with Crippen molar-refractivity contribution in [1.82, 2.24) is 4.57 Å². The van der Waals surface area contributed by atoms with Crippen LogP contribution in [0.15, 0.2) is 60.8 Å². The molecular weight excluding hydrogens is 308 g/mol. The highest BCUT2D eigenvalue weighted by molar-refractivity contribution is 5.79. The maximum absolute atomic E-state index is 8.66. The van der Waals surface area contributed by atoms with Gasteiger partial charge < -0.3 is 9.30 Å². The third-order valence-electron chi connectivity index (χ3n) is 4.45. The van der Waals surface area contributed by atoms with Gasteiger partial charge in [0.05, 0.1) is 19.1 Å². The Morgan fingerprint density at radius 3 is 2.52 bits per heavy atom. The number of fused-ring (bicyclic) bond motifs is 1. The lowest BCUT2D eigenvalue weighted by Crippen LogP contribution is -1.99. The minimum atomic E-state index is 0.455. The second kappa shape index (κ2) is 8.94. The van der Waals surface area contributed by atoms with Crippen molar-refractivity contribution in [2.45, 2.75) is 38.6 Å². The van der Waals surface area contributed by atoms with Crippen LogP contribution in [0.25, 0.3) is 10.9 Å². The van der Waals surface area contributed by atoms with Crippen LogP contribution in [0.1, 0.15) is 31.2 Å². The van der Waals surface area contributed by atoms with Crippen LogP contribution < -0.4 is 4.74 Å². The van der Waals surface area contributed by atoms with E-state index in [1.54, 1.807) is 0 Å². The Labute approximate surface area is 149 Å². The monoisotopic (exact) mass is 332 g/mol. The zero-order chi connectivity index (χ0) is 17.3. The average Bonchev–Trinajstić information content (AvgIpc) is 3.06. The van der Waals surface area contributed by atoms with E-state index >= 15 is 0 Å². The van der Waals surface area contributed by atoms with E-state index in [-0.39, 0.29) is 0 Å². The van der Waals surface area contributed by atoms with Crippen molar-refractivity contribution in [3.05, 3.63) is 66.4 Å². The van der Waals surface area contributed by atoms with E-state index in [4.69, 9.17) is 10.00 Å². The highest BCUT2D eigenvalue weighted by Crippen LogP contribution is 2.16. The van der Waals surface area contributed by atoms with Gasteiger partial charge in [-0.05, 0) is 48.1 Å². The summed E-state index contributed by atoms with van der Waals surface area (Å²) in [5.74, 6) is 0.889. The van der Waals surface area contributed by atoms with Crippen molar-refractivity contribution >= 4 is 10.9 Å². The molecule has 0 aliphatic heterocycles. The number of nitriles is 1. The summed E-state index contributed by atoms with van der Waals surface area (Å²) >= 11 is 0. The molecule has 1 heterocycles. The zero-order valence-electron chi connectivity index (χ0n) is 14.5. The smallest absolute Gasteiger partial charge is 0.119 e. The van der Waals surface area contributed by atoms with Gasteiger partial charge in [-0.25, -0.2) is 0 Å². The van der Waals surface area contributed by atoms with E-state index in [0.29, 0.717) is 6.42 Å². The van der Waals surface area contributed by atoms with Crippen molar-refractivity contribution in [3.63, 3.8) is 0 Å². The van der Waals surface area contributed by atoms with Crippen LogP contribution in [0.4, 0.5) is 0 Å². The van der Waals surface area contributed by atoms with Gasteiger partial charge in [-0.1, -0.05) is 43.2 Å². The first kappa shape index (κ1) is 17.1. The zero-order valence-corrected chi connectivity index (χ0v) is 14.5. The van der Waals surface area contributed by atoms with E-state index in [2.05, 4.69) is 47.2 Å². The summed E-state index contributed by atoms with van der Waals surface area (Å²) in [5.41, 5.74) is 2.36. The Morgan fingerprint density at radius 2 is 1.68 bits per heavy atom. The number of benzene rings is 2. The van der Waals surface area contributed by atoms with Crippen molar-refractivity contribution in [2.24, 2.45) is 0 Å². The maximum atomic E-state index is 8.66. The molecule has 0 spiro atoms. The van der Waals surface area contributed by atoms with Gasteiger partial charge in [0.25, 0.3) is 0 Å². The first-order valence-corrected chi connectivity index (χ1v) is 8.99. The lowest BCUT2D eigenvalue weighted by molar-refractivity contribution is 0.304. The molecule has 0 aliphatic rings. The summed E-state index contributed by atoms with van der Waals surface area (Å²) in [5, 5.41) is 9.98. The Bertz CT molecular complexity index is 827. The number of aryl methyl sites for hydroxylation is 1. The molecule has 0 radical (unpaired) electrons. The average molecular weight is 332 g/mol. The standard InChI is InChI=1S/C22H24N2O/c23-15-13-19-9-11-21(12-10-19)25-18-6-2-1-5-16-24-17-14-20-7-3-4-8-22(20)24/h3-4,7-12,14,17H,1-2,5-6,13,16,18H2. The van der Waals surface area contributed by atoms with Gasteiger partial charge in [-0.15, -0.1) is 0 Å². The fourth-order valence-corrected chi connectivity index (χ4v) is 3.06. The molecule has 0 amide bonds. The molecule has 0 saturated carbocycles. The maximum Gasteiger partial charge on any atom is 0.119 e. The van der Waals surface area contributed by atoms with E-state index in [1.807, 2.05) is 24.3 Å². The third kappa shape index (κ3) is 4.87. The summed E-state index contributed by atoms with van der Waals surface area (Å²) < 4.78 is 8.10. The first-order chi connectivity index (χ1) is 12.4. The van der Waals surface area contributed by atoms with E-state index in [9.17, 15) is 0 Å². The van der Waals surface area contributed by atoms with Crippen LogP contribution in [0.2, 0.25) is 0 Å². The number of para-hydroxylation sites is 1. The van der Waals surface area contributed by atoms with E-state index < -0.39 is 0 Å². The predicted molar refractivity (Wildman–Crippen MR) is 102 cm³/mol. The molecule has 0 saturated heterocycles. The first-order valence-electron chi connectivity index (χ1n) is 8.99. The van der Waals surface area contributed by atoms with Crippen molar-refractivity contribution in [2.75, 3.05) is 6.61 Å². The SMILES string of the molecule is N#CCc1ccc(OCCCCCCn2ccc3ccccc32)cc1. The molecule has 25 heavy (non-hydrogen) atoms. The molecule has 0 N–H and O–H groups in total. The molecule has 3 rings (SSSR count). The number of rotatable bonds is 9. The molecule has 0 bridgehead atoms. The largest absolute Gasteiger partial charge is 0.494 e. The lowest BCUT2D eigenvalue weighted by atomic mass is 10.1. The van der Waals surface area contributed by atoms with Crippen LogP contribution in [-0.4, -0.2) is 11.2 Å². The predicted octanol–water partition coefficient (Wildman–Crippen LogP) is 5.35. The van der Waals surface area contributed by atoms with Gasteiger partial charge in [-0.3, -0.25) is 0 Å². The van der Waals surface area contributed by atoms with Gasteiger partial charge in [0.2, 0.25) is 0 Å². The number of aromatic nitrogens is 1. The van der Waals surface area contributed by atoms with Crippen molar-refractivity contribution in [3.8, 4) is 11.8 Å². The lowest BCUT2D eigenvalue weighted by Gasteiger charge is -2.07. The molecule has 0 aliphatic carbocycles. The third-order valence-corrected chi connectivity index (χ3v) is 4.45. The summed E-state index contributed by atoms with van der Waals surface area (Å²) in [6, 6.07) is 20.7. The molecule has 2 aromatic carbocycles. The van der Waals surface area contributed by atoms with Gasteiger partial charge >= 0.3 is 0 Å². The van der Waals surface area contributed by atoms with Gasteiger partial charge in [0.15, 0.2) is 0 Å². The molecule has 128 valence electrons. The van der Waals surface area contributed by atoms with E-state index in [1.165, 1.54) is 30.2 Å². The number of ether oxygens (including phenoxy) is 1. The number of hydrogen-bond acceptors (Lipinski definition) is 2. The fourth-order valence-electron chi connectivity index (χ4n) is 3.06. The second-order valence-electron chi connectivity index (χ2n) is 6.31. The molecule has 0 atom stereocenters. The number of nitrogens with zero attached hydrogens (tertiary/aromatic N) is 2. The van der Waals surface area contributed by atoms with Gasteiger partial charge in [-0.2, -0.15) is 5.26 Å². The second-order valence-corrected chi connectivity index (χ2v) is 6.31. The van der Waals surface area contributed by atoms with E-state index in [0.717, 1.165) is 30.9 Å². The van der Waals surface area contributed by atoms with Crippen molar-refractivity contribution in [1.29, 1.82) is 5.26 Å². The molecule has 3 aromatic rings. The van der Waals surface area contributed by atoms with Crippen molar-refractivity contribution < 1.29 is 4.74 Å². The molecule has 0 unspecified atom stereocenters. The molecule has 3 nitrogen and oxygen atoms in total. The highest BCUT2D eigenvalue weighted by atomic mass is 16.5. The van der Waals surface area contributed by atoms with Gasteiger partial charge in [0.1, 0.15) is 5.75 Å². The van der Waals surface area contributed by atoms with Crippen LogP contribution in [0, 0.1) is 11.3 Å². The Morgan fingerprint density at radius 1 is 0.880 bits per heavy atom. The summed E-state index contributed by atoms with van der Waals surface area (Å²) in [6.45, 7) is 1.83. The Hall–Kier alpha value is -2.73. The van der Waals surface area contributed by atoms with Crippen LogP contribution >= 0.6 is 0 Å². The minimum Gasteiger partial charge on any atom is -0.494 e. The molecule has 3 heteroatoms. The molecule has 0 fully saturated rings. The number of unbranched alkanes of at least 4 members (excludes halogenated alkanes) is 3. The molecular formula is C22H24N2O. The minimum absolute atomic E-state index is 0.455. The summed E-state index contributed by atoms with van der Waals surface area (Å²) in [7, 11) is 0.